The molecular weight excluding hydrogens is 387 g/mol. The number of hydrogen-bond donors (Lipinski definition) is 1. The van der Waals surface area contributed by atoms with E-state index in [-0.39, 0.29) is 23.3 Å². The van der Waals surface area contributed by atoms with Crippen LogP contribution in [0.5, 0.6) is 5.75 Å². The highest BCUT2D eigenvalue weighted by Crippen LogP contribution is 2.21. The predicted octanol–water partition coefficient (Wildman–Crippen LogP) is 3.88. The van der Waals surface area contributed by atoms with Gasteiger partial charge in [-0.1, -0.05) is 44.5 Å². The van der Waals surface area contributed by atoms with Crippen LogP contribution in [0.15, 0.2) is 52.4 Å². The SMILES string of the molecule is CC(C)(C)Cc1cn2ccn(Cc3cccc(Cl)c3)c(=O)c2c(O)c1=O.Cl. The molecule has 0 radical (unpaired) electrons. The van der Waals surface area contributed by atoms with Gasteiger partial charge in [0.25, 0.3) is 5.56 Å². The minimum Gasteiger partial charge on any atom is -0.503 e. The summed E-state index contributed by atoms with van der Waals surface area (Å²) in [5, 5.41) is 11.0. The fourth-order valence-corrected chi connectivity index (χ4v) is 3.22. The van der Waals surface area contributed by atoms with Crippen molar-refractivity contribution in [2.24, 2.45) is 5.41 Å². The van der Waals surface area contributed by atoms with Gasteiger partial charge in [0.15, 0.2) is 11.3 Å². The van der Waals surface area contributed by atoms with Crippen molar-refractivity contribution >= 4 is 29.5 Å². The minimum absolute atomic E-state index is 0. The molecular formula is C20H22Cl2N2O3. The molecule has 0 aliphatic rings. The van der Waals surface area contributed by atoms with Crippen molar-refractivity contribution in [3.05, 3.63) is 79.6 Å². The fraction of sp³-hybridized carbons (Fsp3) is 0.300. The molecule has 27 heavy (non-hydrogen) atoms. The van der Waals surface area contributed by atoms with Gasteiger partial charge in [-0.25, -0.2) is 0 Å². The summed E-state index contributed by atoms with van der Waals surface area (Å²) in [7, 11) is 0. The highest BCUT2D eigenvalue weighted by atomic mass is 35.5. The van der Waals surface area contributed by atoms with Crippen molar-refractivity contribution in [2.75, 3.05) is 0 Å². The standard InChI is InChI=1S/C20H21ClN2O3.ClH/c1-20(2,3)10-14-12-22-7-8-23(11-13-5-4-6-15(21)9-13)19(26)16(22)18(25)17(14)24;/h4-9,12,25H,10-11H2,1-3H3;1H. The highest BCUT2D eigenvalue weighted by Gasteiger charge is 2.19. The first-order valence-electron chi connectivity index (χ1n) is 8.36. The van der Waals surface area contributed by atoms with Crippen molar-refractivity contribution < 1.29 is 5.11 Å². The first kappa shape index (κ1) is 21.1. The third-order valence-electron chi connectivity index (χ3n) is 4.12. The van der Waals surface area contributed by atoms with E-state index in [0.717, 1.165) is 5.56 Å². The van der Waals surface area contributed by atoms with Gasteiger partial charge in [0.1, 0.15) is 0 Å². The number of aromatic hydroxyl groups is 1. The van der Waals surface area contributed by atoms with Crippen molar-refractivity contribution in [2.45, 2.75) is 33.7 Å². The number of pyridine rings is 1. The number of nitrogens with zero attached hydrogens (tertiary/aromatic N) is 2. The average molecular weight is 409 g/mol. The van der Waals surface area contributed by atoms with Crippen molar-refractivity contribution in [3.63, 3.8) is 0 Å². The lowest BCUT2D eigenvalue weighted by Crippen LogP contribution is -2.26. The Morgan fingerprint density at radius 3 is 2.48 bits per heavy atom. The number of fused-ring (bicyclic) bond motifs is 1. The zero-order chi connectivity index (χ0) is 19.1. The van der Waals surface area contributed by atoms with Crippen LogP contribution in [0.4, 0.5) is 0 Å². The fourth-order valence-electron chi connectivity index (χ4n) is 3.01. The second-order valence-corrected chi connectivity index (χ2v) is 8.12. The summed E-state index contributed by atoms with van der Waals surface area (Å²) < 4.78 is 2.97. The van der Waals surface area contributed by atoms with Crippen LogP contribution in [-0.2, 0) is 13.0 Å². The van der Waals surface area contributed by atoms with E-state index < -0.39 is 16.7 Å². The van der Waals surface area contributed by atoms with E-state index in [1.807, 2.05) is 32.9 Å². The van der Waals surface area contributed by atoms with E-state index >= 15 is 0 Å². The van der Waals surface area contributed by atoms with Gasteiger partial charge in [0.05, 0.1) is 6.54 Å². The Morgan fingerprint density at radius 1 is 1.15 bits per heavy atom. The third-order valence-corrected chi connectivity index (χ3v) is 4.35. The van der Waals surface area contributed by atoms with Gasteiger partial charge in [-0.05, 0) is 29.5 Å². The molecule has 2 aromatic heterocycles. The van der Waals surface area contributed by atoms with Crippen LogP contribution >= 0.6 is 24.0 Å². The zero-order valence-corrected chi connectivity index (χ0v) is 17.0. The van der Waals surface area contributed by atoms with Gasteiger partial charge in [0.2, 0.25) is 5.43 Å². The maximum absolute atomic E-state index is 12.8. The Morgan fingerprint density at radius 2 is 1.85 bits per heavy atom. The van der Waals surface area contributed by atoms with Crippen LogP contribution in [0, 0.1) is 5.41 Å². The normalized spacial score (nSPS) is 11.4. The first-order chi connectivity index (χ1) is 12.2. The molecule has 3 rings (SSSR count). The first-order valence-corrected chi connectivity index (χ1v) is 8.74. The molecule has 0 atom stereocenters. The predicted molar refractivity (Wildman–Crippen MR) is 111 cm³/mol. The molecule has 2 heterocycles. The molecule has 0 bridgehead atoms. The molecule has 0 aliphatic carbocycles. The molecule has 1 N–H and O–H groups in total. The number of benzene rings is 1. The van der Waals surface area contributed by atoms with E-state index in [9.17, 15) is 14.7 Å². The van der Waals surface area contributed by atoms with Crippen LogP contribution in [0.1, 0.15) is 31.9 Å². The molecule has 7 heteroatoms. The van der Waals surface area contributed by atoms with Crippen LogP contribution in [0.3, 0.4) is 0 Å². The van der Waals surface area contributed by atoms with E-state index in [0.29, 0.717) is 23.6 Å². The summed E-state index contributed by atoms with van der Waals surface area (Å²) in [6.07, 6.45) is 5.45. The van der Waals surface area contributed by atoms with E-state index in [1.54, 1.807) is 30.7 Å². The number of hydrogen-bond acceptors (Lipinski definition) is 3. The van der Waals surface area contributed by atoms with E-state index in [2.05, 4.69) is 0 Å². The van der Waals surface area contributed by atoms with Gasteiger partial charge in [-0.2, -0.15) is 0 Å². The monoisotopic (exact) mass is 408 g/mol. The van der Waals surface area contributed by atoms with Crippen molar-refractivity contribution in [3.8, 4) is 5.75 Å². The molecule has 0 spiro atoms. The molecule has 3 aromatic rings. The summed E-state index contributed by atoms with van der Waals surface area (Å²) in [6, 6.07) is 7.21. The summed E-state index contributed by atoms with van der Waals surface area (Å²) >= 11 is 5.99. The Balaban J connectivity index is 0.00000261. The van der Waals surface area contributed by atoms with Crippen LogP contribution < -0.4 is 11.0 Å². The van der Waals surface area contributed by atoms with Crippen LogP contribution in [0.25, 0.3) is 5.52 Å². The van der Waals surface area contributed by atoms with E-state index in [1.165, 1.54) is 8.97 Å². The van der Waals surface area contributed by atoms with E-state index in [4.69, 9.17) is 11.6 Å². The smallest absolute Gasteiger partial charge is 0.279 e. The molecule has 1 aromatic carbocycles. The molecule has 0 unspecified atom stereocenters. The van der Waals surface area contributed by atoms with Crippen LogP contribution in [0.2, 0.25) is 5.02 Å². The summed E-state index contributed by atoms with van der Waals surface area (Å²) in [4.78, 5) is 25.3. The van der Waals surface area contributed by atoms with Gasteiger partial charge < -0.3 is 14.1 Å². The average Bonchev–Trinajstić information content (AvgIpc) is 2.53. The lowest BCUT2D eigenvalue weighted by molar-refractivity contribution is 0.406. The van der Waals surface area contributed by atoms with Gasteiger partial charge in [-0.3, -0.25) is 9.59 Å². The Bertz CT molecular complexity index is 1100. The van der Waals surface area contributed by atoms with Gasteiger partial charge in [0, 0.05) is 29.2 Å². The number of aromatic nitrogens is 2. The Labute approximate surface area is 168 Å². The quantitative estimate of drug-likeness (QED) is 0.714. The molecule has 5 nitrogen and oxygen atoms in total. The summed E-state index contributed by atoms with van der Waals surface area (Å²) in [5.41, 5.74) is 0.301. The number of halogens is 2. The Kier molecular flexibility index (Phi) is 6.07. The largest absolute Gasteiger partial charge is 0.503 e. The molecule has 0 fully saturated rings. The lowest BCUT2D eigenvalue weighted by atomic mass is 9.88. The highest BCUT2D eigenvalue weighted by molar-refractivity contribution is 6.30. The second kappa shape index (κ2) is 7.79. The summed E-state index contributed by atoms with van der Waals surface area (Å²) in [6.45, 7) is 6.34. The van der Waals surface area contributed by atoms with Gasteiger partial charge >= 0.3 is 0 Å². The Hall–Kier alpha value is -2.24. The number of rotatable bonds is 3. The maximum atomic E-state index is 12.8. The zero-order valence-electron chi connectivity index (χ0n) is 15.4. The lowest BCUT2D eigenvalue weighted by Gasteiger charge is -2.18. The molecule has 0 saturated heterocycles. The molecule has 0 amide bonds. The summed E-state index contributed by atoms with van der Waals surface area (Å²) in [5.74, 6) is -0.503. The van der Waals surface area contributed by atoms with Crippen molar-refractivity contribution in [1.29, 1.82) is 0 Å². The third kappa shape index (κ3) is 4.54. The van der Waals surface area contributed by atoms with Crippen LogP contribution in [-0.4, -0.2) is 14.1 Å². The molecule has 144 valence electrons. The second-order valence-electron chi connectivity index (χ2n) is 7.69. The minimum atomic E-state index is -0.503. The van der Waals surface area contributed by atoms with Crippen molar-refractivity contribution in [1.82, 2.24) is 8.97 Å². The topological polar surface area (TPSA) is 63.7 Å². The van der Waals surface area contributed by atoms with Gasteiger partial charge in [-0.15, -0.1) is 12.4 Å². The molecule has 0 aliphatic heterocycles. The molecule has 0 saturated carbocycles. The maximum Gasteiger partial charge on any atom is 0.279 e.